The fourth-order valence-corrected chi connectivity index (χ4v) is 4.22. The quantitative estimate of drug-likeness (QED) is 0.417. The second-order valence-electron chi connectivity index (χ2n) is 4.19. The van der Waals surface area contributed by atoms with Crippen LogP contribution >= 0.6 is 0 Å². The maximum Gasteiger partial charge on any atom is 0.337 e. The third kappa shape index (κ3) is 6.33. The van der Waals surface area contributed by atoms with E-state index in [0.717, 1.165) is 12.1 Å². The van der Waals surface area contributed by atoms with E-state index >= 15 is 0 Å². The molecule has 0 fully saturated rings. The Morgan fingerprint density at radius 3 is 1.80 bits per heavy atom. The SMILES string of the molecule is CCCCCCCC[Si](CC)(OC)OC. The molecule has 0 atom stereocenters. The summed E-state index contributed by atoms with van der Waals surface area (Å²) in [5, 5.41) is 0. The predicted molar refractivity (Wildman–Crippen MR) is 68.4 cm³/mol. The van der Waals surface area contributed by atoms with Gasteiger partial charge in [0.05, 0.1) is 0 Å². The Morgan fingerprint density at radius 2 is 1.33 bits per heavy atom. The summed E-state index contributed by atoms with van der Waals surface area (Å²) >= 11 is 0. The van der Waals surface area contributed by atoms with Gasteiger partial charge in [0.1, 0.15) is 0 Å². The van der Waals surface area contributed by atoms with Gasteiger partial charge in [-0.25, -0.2) is 0 Å². The molecule has 0 aromatic heterocycles. The lowest BCUT2D eigenvalue weighted by atomic mass is 10.1. The highest BCUT2D eigenvalue weighted by Crippen LogP contribution is 2.21. The zero-order chi connectivity index (χ0) is 11.6. The third-order valence-corrected chi connectivity index (χ3v) is 6.87. The van der Waals surface area contributed by atoms with Crippen LogP contribution in [0.2, 0.25) is 12.1 Å². The Hall–Kier alpha value is 0.137. The van der Waals surface area contributed by atoms with Crippen LogP contribution in [-0.2, 0) is 8.85 Å². The molecule has 15 heavy (non-hydrogen) atoms. The van der Waals surface area contributed by atoms with E-state index in [1.54, 1.807) is 14.2 Å². The zero-order valence-electron chi connectivity index (χ0n) is 11.0. The van der Waals surface area contributed by atoms with E-state index in [1.165, 1.54) is 38.5 Å². The average Bonchev–Trinajstić information content (AvgIpc) is 2.29. The molecule has 0 bridgehead atoms. The van der Waals surface area contributed by atoms with Crippen LogP contribution in [0.3, 0.4) is 0 Å². The molecule has 0 amide bonds. The van der Waals surface area contributed by atoms with E-state index in [9.17, 15) is 0 Å². The van der Waals surface area contributed by atoms with Crippen molar-refractivity contribution < 1.29 is 8.85 Å². The molecule has 0 aliphatic carbocycles. The van der Waals surface area contributed by atoms with Gasteiger partial charge in [0.15, 0.2) is 0 Å². The van der Waals surface area contributed by atoms with E-state index < -0.39 is 8.56 Å². The minimum Gasteiger partial charge on any atom is -0.398 e. The van der Waals surface area contributed by atoms with Crippen LogP contribution in [0.4, 0.5) is 0 Å². The summed E-state index contributed by atoms with van der Waals surface area (Å²) in [7, 11) is 1.82. The molecule has 0 heterocycles. The van der Waals surface area contributed by atoms with Crippen LogP contribution in [-0.4, -0.2) is 22.8 Å². The Morgan fingerprint density at radius 1 is 0.800 bits per heavy atom. The van der Waals surface area contributed by atoms with E-state index in [4.69, 9.17) is 8.85 Å². The first kappa shape index (κ1) is 15.1. The van der Waals surface area contributed by atoms with Gasteiger partial charge in [0.2, 0.25) is 0 Å². The Kier molecular flexibility index (Phi) is 9.45. The molecule has 0 rings (SSSR count). The van der Waals surface area contributed by atoms with E-state index in [-0.39, 0.29) is 0 Å². The fourth-order valence-electron chi connectivity index (χ4n) is 1.93. The topological polar surface area (TPSA) is 18.5 Å². The van der Waals surface area contributed by atoms with Crippen molar-refractivity contribution in [1.29, 1.82) is 0 Å². The van der Waals surface area contributed by atoms with Crippen LogP contribution in [0.25, 0.3) is 0 Å². The molecule has 0 unspecified atom stereocenters. The molecule has 0 aliphatic rings. The summed E-state index contributed by atoms with van der Waals surface area (Å²) in [6, 6.07) is 2.22. The van der Waals surface area contributed by atoms with Crippen LogP contribution < -0.4 is 0 Å². The number of rotatable bonds is 10. The Labute approximate surface area is 96.6 Å². The first-order valence-corrected chi connectivity index (χ1v) is 8.58. The molecule has 0 aliphatic heterocycles. The van der Waals surface area contributed by atoms with Gasteiger partial charge in [-0.05, 0) is 12.1 Å². The van der Waals surface area contributed by atoms with Gasteiger partial charge in [-0.15, -0.1) is 0 Å². The van der Waals surface area contributed by atoms with Crippen molar-refractivity contribution in [2.75, 3.05) is 14.2 Å². The van der Waals surface area contributed by atoms with Crippen LogP contribution in [0.5, 0.6) is 0 Å². The van der Waals surface area contributed by atoms with Crippen LogP contribution in [0.1, 0.15) is 52.4 Å². The maximum atomic E-state index is 5.58. The lowest BCUT2D eigenvalue weighted by molar-refractivity contribution is 0.241. The van der Waals surface area contributed by atoms with Crippen molar-refractivity contribution in [3.8, 4) is 0 Å². The van der Waals surface area contributed by atoms with Crippen molar-refractivity contribution in [2.45, 2.75) is 64.5 Å². The molecule has 0 aromatic carbocycles. The van der Waals surface area contributed by atoms with Gasteiger partial charge < -0.3 is 8.85 Å². The van der Waals surface area contributed by atoms with Crippen molar-refractivity contribution in [1.82, 2.24) is 0 Å². The molecule has 2 nitrogen and oxygen atoms in total. The Bertz CT molecular complexity index is 127. The lowest BCUT2D eigenvalue weighted by Gasteiger charge is -2.25. The van der Waals surface area contributed by atoms with Gasteiger partial charge in [0.25, 0.3) is 0 Å². The molecule has 0 saturated heterocycles. The monoisotopic (exact) mass is 232 g/mol. The van der Waals surface area contributed by atoms with Crippen LogP contribution in [0.15, 0.2) is 0 Å². The average molecular weight is 232 g/mol. The second-order valence-corrected chi connectivity index (χ2v) is 8.04. The summed E-state index contributed by atoms with van der Waals surface area (Å²) in [6.45, 7) is 4.43. The summed E-state index contributed by atoms with van der Waals surface area (Å²) in [5.41, 5.74) is 0. The standard InChI is InChI=1S/C12H28O2Si/c1-5-7-8-9-10-11-12-15(6-2,13-3)14-4/h5-12H2,1-4H3. The van der Waals surface area contributed by atoms with Crippen molar-refractivity contribution in [2.24, 2.45) is 0 Å². The van der Waals surface area contributed by atoms with Crippen molar-refractivity contribution in [3.63, 3.8) is 0 Å². The highest BCUT2D eigenvalue weighted by Gasteiger charge is 2.32. The third-order valence-electron chi connectivity index (χ3n) is 3.19. The first-order chi connectivity index (χ1) is 7.24. The minimum atomic E-state index is -1.79. The van der Waals surface area contributed by atoms with Crippen molar-refractivity contribution in [3.05, 3.63) is 0 Å². The van der Waals surface area contributed by atoms with Gasteiger partial charge in [-0.2, -0.15) is 0 Å². The molecule has 0 radical (unpaired) electrons. The molecule has 0 spiro atoms. The summed E-state index contributed by atoms with van der Waals surface area (Å²) in [4.78, 5) is 0. The number of hydrogen-bond acceptors (Lipinski definition) is 2. The van der Waals surface area contributed by atoms with Crippen LogP contribution in [0, 0.1) is 0 Å². The summed E-state index contributed by atoms with van der Waals surface area (Å²) in [6.07, 6.45) is 8.06. The molecule has 3 heteroatoms. The molecule has 0 aromatic rings. The molecule has 0 N–H and O–H groups in total. The number of unbranched alkanes of at least 4 members (excludes halogenated alkanes) is 5. The summed E-state index contributed by atoms with van der Waals surface area (Å²) < 4.78 is 11.2. The Balaban J connectivity index is 3.54. The van der Waals surface area contributed by atoms with Gasteiger partial charge >= 0.3 is 8.56 Å². The maximum absolute atomic E-state index is 5.58. The van der Waals surface area contributed by atoms with Gasteiger partial charge in [-0.1, -0.05) is 52.4 Å². The minimum absolute atomic E-state index is 1.06. The van der Waals surface area contributed by atoms with Crippen molar-refractivity contribution >= 4 is 8.56 Å². The smallest absolute Gasteiger partial charge is 0.337 e. The van der Waals surface area contributed by atoms with Gasteiger partial charge in [0, 0.05) is 14.2 Å². The van der Waals surface area contributed by atoms with E-state index in [0.29, 0.717) is 0 Å². The summed E-state index contributed by atoms with van der Waals surface area (Å²) in [5.74, 6) is 0. The molecule has 0 saturated carbocycles. The predicted octanol–water partition coefficient (Wildman–Crippen LogP) is 4.10. The van der Waals surface area contributed by atoms with E-state index in [2.05, 4.69) is 13.8 Å². The lowest BCUT2D eigenvalue weighted by Crippen LogP contribution is -2.38. The van der Waals surface area contributed by atoms with Gasteiger partial charge in [-0.3, -0.25) is 0 Å². The fraction of sp³-hybridized carbons (Fsp3) is 1.00. The zero-order valence-corrected chi connectivity index (χ0v) is 12.0. The highest BCUT2D eigenvalue weighted by atomic mass is 28.4. The van der Waals surface area contributed by atoms with E-state index in [1.807, 2.05) is 0 Å². The number of hydrogen-bond donors (Lipinski definition) is 0. The largest absolute Gasteiger partial charge is 0.398 e. The molecule has 92 valence electrons. The normalized spacial score (nSPS) is 12.0. The molecular weight excluding hydrogens is 204 g/mol. The first-order valence-electron chi connectivity index (χ1n) is 6.35. The second kappa shape index (κ2) is 9.37. The highest BCUT2D eigenvalue weighted by molar-refractivity contribution is 6.67. The molecular formula is C12H28O2Si.